The minimum absolute atomic E-state index is 0.268. The van der Waals surface area contributed by atoms with Crippen molar-refractivity contribution in [3.63, 3.8) is 0 Å². The smallest absolute Gasteiger partial charge is 0.279 e. The highest BCUT2D eigenvalue weighted by Gasteiger charge is 2.17. The predicted molar refractivity (Wildman–Crippen MR) is 120 cm³/mol. The van der Waals surface area contributed by atoms with Crippen LogP contribution in [0.1, 0.15) is 17.3 Å². The highest BCUT2D eigenvalue weighted by Crippen LogP contribution is 2.22. The Hall–Kier alpha value is -4.06. The lowest BCUT2D eigenvalue weighted by molar-refractivity contribution is -0.128. The number of para-hydroxylation sites is 1. The minimum Gasteiger partial charge on any atom is -0.489 e. The van der Waals surface area contributed by atoms with Crippen molar-refractivity contribution >= 4 is 11.8 Å². The van der Waals surface area contributed by atoms with Gasteiger partial charge in [0, 0.05) is 0 Å². The summed E-state index contributed by atoms with van der Waals surface area (Å²) < 4.78 is 11.1. The SMILES string of the molecule is C=CCOc1ccccc1C(=O)NNC(=O)[C@@H](C)Oc1ccc(-c2ccccc2)cc1. The molecule has 0 saturated carbocycles. The van der Waals surface area contributed by atoms with E-state index in [1.165, 1.54) is 0 Å². The number of carbonyl (C=O) groups excluding carboxylic acids is 2. The normalized spacial score (nSPS) is 11.1. The number of hydrogen-bond donors (Lipinski definition) is 2. The van der Waals surface area contributed by atoms with E-state index in [1.54, 1.807) is 49.4 Å². The molecule has 0 spiro atoms. The summed E-state index contributed by atoms with van der Waals surface area (Å²) in [4.78, 5) is 24.7. The van der Waals surface area contributed by atoms with Gasteiger partial charge in [-0.2, -0.15) is 0 Å². The maximum Gasteiger partial charge on any atom is 0.279 e. The van der Waals surface area contributed by atoms with Crippen LogP contribution in [0.2, 0.25) is 0 Å². The third kappa shape index (κ3) is 5.96. The molecule has 6 nitrogen and oxygen atoms in total. The standard InChI is InChI=1S/C25H24N2O4/c1-3-17-30-23-12-8-7-11-22(23)25(29)27-26-24(28)18(2)31-21-15-13-20(14-16-21)19-9-5-4-6-10-19/h3-16,18H,1,17H2,2H3,(H,26,28)(H,27,29)/t18-/m1/s1. The van der Waals surface area contributed by atoms with Crippen molar-refractivity contribution in [2.75, 3.05) is 6.61 Å². The lowest BCUT2D eigenvalue weighted by atomic mass is 10.1. The first-order chi connectivity index (χ1) is 15.1. The summed E-state index contributed by atoms with van der Waals surface area (Å²) in [5, 5.41) is 0. The Morgan fingerprint density at radius 3 is 2.26 bits per heavy atom. The Kier molecular flexibility index (Phi) is 7.43. The Balaban J connectivity index is 1.54. The average molecular weight is 416 g/mol. The fourth-order valence-electron chi connectivity index (χ4n) is 2.83. The summed E-state index contributed by atoms with van der Waals surface area (Å²) in [7, 11) is 0. The topological polar surface area (TPSA) is 76.7 Å². The maximum atomic E-state index is 12.4. The van der Waals surface area contributed by atoms with E-state index < -0.39 is 17.9 Å². The third-order valence-corrected chi connectivity index (χ3v) is 4.43. The third-order valence-electron chi connectivity index (χ3n) is 4.43. The van der Waals surface area contributed by atoms with Crippen LogP contribution in [-0.4, -0.2) is 24.5 Å². The van der Waals surface area contributed by atoms with Gasteiger partial charge in [-0.15, -0.1) is 0 Å². The van der Waals surface area contributed by atoms with Gasteiger partial charge in [0.1, 0.15) is 18.1 Å². The molecule has 0 bridgehead atoms. The molecule has 0 aromatic heterocycles. The van der Waals surface area contributed by atoms with Crippen LogP contribution >= 0.6 is 0 Å². The van der Waals surface area contributed by atoms with Gasteiger partial charge in [0.05, 0.1) is 5.56 Å². The van der Waals surface area contributed by atoms with Gasteiger partial charge in [-0.25, -0.2) is 0 Å². The van der Waals surface area contributed by atoms with Gasteiger partial charge < -0.3 is 9.47 Å². The second-order valence-electron chi connectivity index (χ2n) is 6.69. The fourth-order valence-corrected chi connectivity index (χ4v) is 2.83. The molecule has 3 rings (SSSR count). The molecule has 0 saturated heterocycles. The lowest BCUT2D eigenvalue weighted by Gasteiger charge is -2.16. The first-order valence-electron chi connectivity index (χ1n) is 9.83. The number of amides is 2. The molecule has 6 heteroatoms. The number of hydrogen-bond acceptors (Lipinski definition) is 4. The van der Waals surface area contributed by atoms with Crippen molar-refractivity contribution in [2.24, 2.45) is 0 Å². The van der Waals surface area contributed by atoms with Crippen LogP contribution in [0, 0.1) is 0 Å². The molecular weight excluding hydrogens is 392 g/mol. The molecule has 2 N–H and O–H groups in total. The molecule has 3 aromatic rings. The molecule has 0 aliphatic heterocycles. The van der Waals surface area contributed by atoms with E-state index in [9.17, 15) is 9.59 Å². The highest BCUT2D eigenvalue weighted by molar-refractivity contribution is 5.98. The number of benzene rings is 3. The number of ether oxygens (including phenoxy) is 2. The zero-order chi connectivity index (χ0) is 22.1. The van der Waals surface area contributed by atoms with Crippen LogP contribution in [0.5, 0.6) is 11.5 Å². The molecule has 0 heterocycles. The number of rotatable bonds is 8. The van der Waals surface area contributed by atoms with Crippen LogP contribution in [-0.2, 0) is 4.79 Å². The molecular formula is C25H24N2O4. The number of carbonyl (C=O) groups is 2. The van der Waals surface area contributed by atoms with Crippen LogP contribution < -0.4 is 20.3 Å². The van der Waals surface area contributed by atoms with E-state index in [1.807, 2.05) is 42.5 Å². The van der Waals surface area contributed by atoms with Gasteiger partial charge in [0.15, 0.2) is 6.10 Å². The summed E-state index contributed by atoms with van der Waals surface area (Å²) in [6, 6.07) is 24.2. The van der Waals surface area contributed by atoms with Gasteiger partial charge in [0.25, 0.3) is 11.8 Å². The molecule has 0 radical (unpaired) electrons. The number of nitrogens with one attached hydrogen (secondary N) is 2. The molecule has 0 aliphatic carbocycles. The van der Waals surface area contributed by atoms with Crippen LogP contribution in [0.25, 0.3) is 11.1 Å². The summed E-state index contributed by atoms with van der Waals surface area (Å²) >= 11 is 0. The molecule has 0 aliphatic rings. The monoisotopic (exact) mass is 416 g/mol. The molecule has 2 amide bonds. The Morgan fingerprint density at radius 1 is 0.903 bits per heavy atom. The van der Waals surface area contributed by atoms with Crippen molar-refractivity contribution in [2.45, 2.75) is 13.0 Å². The van der Waals surface area contributed by atoms with E-state index in [-0.39, 0.29) is 6.61 Å². The first kappa shape index (κ1) is 21.6. The van der Waals surface area contributed by atoms with Crippen molar-refractivity contribution in [3.05, 3.63) is 97.1 Å². The fraction of sp³-hybridized carbons (Fsp3) is 0.120. The van der Waals surface area contributed by atoms with Crippen molar-refractivity contribution in [1.29, 1.82) is 0 Å². The van der Waals surface area contributed by atoms with Crippen LogP contribution in [0.15, 0.2) is 91.5 Å². The second-order valence-corrected chi connectivity index (χ2v) is 6.69. The van der Waals surface area contributed by atoms with Gasteiger partial charge in [-0.05, 0) is 42.3 Å². The van der Waals surface area contributed by atoms with Crippen LogP contribution in [0.4, 0.5) is 0 Å². The molecule has 3 aromatic carbocycles. The quantitative estimate of drug-likeness (QED) is 0.427. The van der Waals surface area contributed by atoms with E-state index in [2.05, 4.69) is 17.4 Å². The van der Waals surface area contributed by atoms with Gasteiger partial charge in [0.2, 0.25) is 0 Å². The van der Waals surface area contributed by atoms with Crippen molar-refractivity contribution in [3.8, 4) is 22.6 Å². The van der Waals surface area contributed by atoms with Gasteiger partial charge in [-0.1, -0.05) is 67.3 Å². The first-order valence-corrected chi connectivity index (χ1v) is 9.83. The van der Waals surface area contributed by atoms with Gasteiger partial charge >= 0.3 is 0 Å². The van der Waals surface area contributed by atoms with Gasteiger partial charge in [-0.3, -0.25) is 20.4 Å². The lowest BCUT2D eigenvalue weighted by Crippen LogP contribution is -2.47. The van der Waals surface area contributed by atoms with E-state index >= 15 is 0 Å². The maximum absolute atomic E-state index is 12.4. The van der Waals surface area contributed by atoms with Crippen molar-refractivity contribution in [1.82, 2.24) is 10.9 Å². The van der Waals surface area contributed by atoms with Crippen molar-refractivity contribution < 1.29 is 19.1 Å². The minimum atomic E-state index is -0.810. The largest absolute Gasteiger partial charge is 0.489 e. The van der Waals surface area contributed by atoms with Crippen LogP contribution in [0.3, 0.4) is 0 Å². The van der Waals surface area contributed by atoms with E-state index in [0.717, 1.165) is 11.1 Å². The highest BCUT2D eigenvalue weighted by atomic mass is 16.5. The Morgan fingerprint density at radius 2 is 1.55 bits per heavy atom. The Labute approximate surface area is 181 Å². The summed E-state index contributed by atoms with van der Waals surface area (Å²) in [5.74, 6) is -0.0221. The number of hydrazine groups is 1. The Bertz CT molecular complexity index is 1030. The molecule has 1 atom stereocenters. The average Bonchev–Trinajstić information content (AvgIpc) is 2.82. The summed E-state index contributed by atoms with van der Waals surface area (Å²) in [6.07, 6.45) is 0.775. The summed E-state index contributed by atoms with van der Waals surface area (Å²) in [6.45, 7) is 5.46. The zero-order valence-corrected chi connectivity index (χ0v) is 17.2. The van der Waals surface area contributed by atoms with E-state index in [4.69, 9.17) is 9.47 Å². The predicted octanol–water partition coefficient (Wildman–Crippen LogP) is 4.15. The zero-order valence-electron chi connectivity index (χ0n) is 17.2. The second kappa shape index (κ2) is 10.6. The van der Waals surface area contributed by atoms with E-state index in [0.29, 0.717) is 17.1 Å². The summed E-state index contributed by atoms with van der Waals surface area (Å²) in [5.41, 5.74) is 7.22. The molecule has 0 unspecified atom stereocenters. The molecule has 158 valence electrons. The molecule has 0 fully saturated rings. The molecule has 31 heavy (non-hydrogen) atoms.